The molecule has 2 aliphatic rings. The number of hydrogen-bond acceptors (Lipinski definition) is 1. The van der Waals surface area contributed by atoms with Crippen LogP contribution >= 0.6 is 0 Å². The van der Waals surface area contributed by atoms with E-state index in [0.29, 0.717) is 11.7 Å². The molecule has 0 spiro atoms. The third-order valence-corrected chi connectivity index (χ3v) is 3.40. The topological polar surface area (TPSA) is 12.5 Å². The van der Waals surface area contributed by atoms with Crippen molar-refractivity contribution >= 4 is 0 Å². The van der Waals surface area contributed by atoms with Gasteiger partial charge in [-0.1, -0.05) is 20.3 Å². The van der Waals surface area contributed by atoms with Crippen molar-refractivity contribution in [2.75, 3.05) is 0 Å². The van der Waals surface area contributed by atoms with Crippen molar-refractivity contribution in [2.24, 2.45) is 11.8 Å². The molecule has 64 valence electrons. The van der Waals surface area contributed by atoms with Crippen LogP contribution in [0.2, 0.25) is 0 Å². The Hall–Kier alpha value is -0.0400. The molecule has 3 unspecified atom stereocenters. The fraction of sp³-hybridized carbons (Fsp3) is 1.00. The zero-order valence-electron chi connectivity index (χ0n) is 7.76. The quantitative estimate of drug-likeness (QED) is 0.529. The molecule has 0 aromatic heterocycles. The SMILES string of the molecule is CC(C)C1CCCC2(C)OC12. The molecule has 2 fully saturated rings. The van der Waals surface area contributed by atoms with Crippen LogP contribution in [-0.2, 0) is 4.74 Å². The smallest absolute Gasteiger partial charge is 0.0923 e. The monoisotopic (exact) mass is 154 g/mol. The first kappa shape index (κ1) is 7.60. The molecule has 1 aliphatic carbocycles. The minimum absolute atomic E-state index is 0.299. The van der Waals surface area contributed by atoms with Gasteiger partial charge in [0.2, 0.25) is 0 Å². The summed E-state index contributed by atoms with van der Waals surface area (Å²) in [5, 5.41) is 0. The van der Waals surface area contributed by atoms with Crippen molar-refractivity contribution in [3.63, 3.8) is 0 Å². The summed E-state index contributed by atoms with van der Waals surface area (Å²) in [5.74, 6) is 1.65. The van der Waals surface area contributed by atoms with Crippen LogP contribution in [0, 0.1) is 11.8 Å². The predicted octanol–water partition coefficient (Wildman–Crippen LogP) is 2.60. The lowest BCUT2D eigenvalue weighted by Gasteiger charge is -2.24. The summed E-state index contributed by atoms with van der Waals surface area (Å²) in [4.78, 5) is 0. The van der Waals surface area contributed by atoms with Gasteiger partial charge in [-0.3, -0.25) is 0 Å². The molecule has 0 N–H and O–H groups in total. The molecular formula is C10H18O. The molecular weight excluding hydrogens is 136 g/mol. The van der Waals surface area contributed by atoms with Crippen LogP contribution in [0.3, 0.4) is 0 Å². The van der Waals surface area contributed by atoms with E-state index >= 15 is 0 Å². The highest BCUT2D eigenvalue weighted by Gasteiger charge is 2.58. The van der Waals surface area contributed by atoms with Crippen LogP contribution < -0.4 is 0 Å². The summed E-state index contributed by atoms with van der Waals surface area (Å²) in [5.41, 5.74) is 0.299. The second kappa shape index (κ2) is 2.22. The van der Waals surface area contributed by atoms with Gasteiger partial charge in [-0.15, -0.1) is 0 Å². The summed E-state index contributed by atoms with van der Waals surface area (Å²) in [6.45, 7) is 6.91. The van der Waals surface area contributed by atoms with Gasteiger partial charge in [0, 0.05) is 0 Å². The second-order valence-corrected chi connectivity index (χ2v) is 4.65. The average Bonchev–Trinajstić information content (AvgIpc) is 2.58. The molecule has 1 heteroatoms. The standard InChI is InChI=1S/C10H18O/c1-7(2)8-5-4-6-10(3)9(8)11-10/h7-9H,4-6H2,1-3H3. The van der Waals surface area contributed by atoms with E-state index in [1.807, 2.05) is 0 Å². The largest absolute Gasteiger partial charge is 0.366 e. The Labute approximate surface area is 69.1 Å². The molecule has 0 aromatic rings. The molecule has 0 bridgehead atoms. The summed E-state index contributed by atoms with van der Waals surface area (Å²) in [7, 11) is 0. The molecule has 3 atom stereocenters. The Kier molecular flexibility index (Phi) is 1.54. The fourth-order valence-corrected chi connectivity index (χ4v) is 2.52. The van der Waals surface area contributed by atoms with Crippen molar-refractivity contribution in [3.05, 3.63) is 0 Å². The maximum Gasteiger partial charge on any atom is 0.0923 e. The lowest BCUT2D eigenvalue weighted by molar-refractivity contribution is 0.262. The molecule has 11 heavy (non-hydrogen) atoms. The lowest BCUT2D eigenvalue weighted by Crippen LogP contribution is -2.26. The van der Waals surface area contributed by atoms with E-state index in [4.69, 9.17) is 4.74 Å². The van der Waals surface area contributed by atoms with Crippen LogP contribution in [0.25, 0.3) is 0 Å². The van der Waals surface area contributed by atoms with Gasteiger partial charge in [0.15, 0.2) is 0 Å². The summed E-state index contributed by atoms with van der Waals surface area (Å²) < 4.78 is 5.74. The first-order valence-corrected chi connectivity index (χ1v) is 4.81. The fourth-order valence-electron chi connectivity index (χ4n) is 2.52. The molecule has 1 saturated carbocycles. The molecule has 0 amide bonds. The number of epoxide rings is 1. The first-order valence-electron chi connectivity index (χ1n) is 4.81. The van der Waals surface area contributed by atoms with E-state index in [0.717, 1.165) is 11.8 Å². The highest BCUT2D eigenvalue weighted by molar-refractivity contribution is 5.05. The summed E-state index contributed by atoms with van der Waals surface area (Å²) in [6, 6.07) is 0. The maximum absolute atomic E-state index is 5.74. The Morgan fingerprint density at radius 1 is 1.45 bits per heavy atom. The van der Waals surface area contributed by atoms with Gasteiger partial charge >= 0.3 is 0 Å². The molecule has 1 heterocycles. The molecule has 0 aromatic carbocycles. The van der Waals surface area contributed by atoms with Crippen molar-refractivity contribution in [1.82, 2.24) is 0 Å². The number of rotatable bonds is 1. The molecule has 1 aliphatic heterocycles. The van der Waals surface area contributed by atoms with Crippen LogP contribution in [0.1, 0.15) is 40.0 Å². The zero-order valence-corrected chi connectivity index (χ0v) is 7.76. The molecule has 0 radical (unpaired) electrons. The average molecular weight is 154 g/mol. The van der Waals surface area contributed by atoms with Gasteiger partial charge in [-0.2, -0.15) is 0 Å². The van der Waals surface area contributed by atoms with Crippen LogP contribution in [-0.4, -0.2) is 11.7 Å². The summed E-state index contributed by atoms with van der Waals surface area (Å²) >= 11 is 0. The van der Waals surface area contributed by atoms with Crippen molar-refractivity contribution in [1.29, 1.82) is 0 Å². The van der Waals surface area contributed by atoms with Crippen molar-refractivity contribution < 1.29 is 4.74 Å². The van der Waals surface area contributed by atoms with Crippen LogP contribution in [0.4, 0.5) is 0 Å². The van der Waals surface area contributed by atoms with Gasteiger partial charge in [0.1, 0.15) is 0 Å². The van der Waals surface area contributed by atoms with Gasteiger partial charge < -0.3 is 4.74 Å². The van der Waals surface area contributed by atoms with E-state index in [1.165, 1.54) is 19.3 Å². The van der Waals surface area contributed by atoms with E-state index in [2.05, 4.69) is 20.8 Å². The maximum atomic E-state index is 5.74. The first-order chi connectivity index (χ1) is 5.13. The van der Waals surface area contributed by atoms with Crippen LogP contribution in [0.5, 0.6) is 0 Å². The highest BCUT2D eigenvalue weighted by atomic mass is 16.6. The van der Waals surface area contributed by atoms with Gasteiger partial charge in [0.25, 0.3) is 0 Å². The lowest BCUT2D eigenvalue weighted by atomic mass is 9.77. The highest BCUT2D eigenvalue weighted by Crippen LogP contribution is 2.52. The predicted molar refractivity (Wildman–Crippen MR) is 45.5 cm³/mol. The number of hydrogen-bond donors (Lipinski definition) is 0. The molecule has 1 saturated heterocycles. The third-order valence-electron chi connectivity index (χ3n) is 3.40. The van der Waals surface area contributed by atoms with Crippen molar-refractivity contribution in [2.45, 2.75) is 51.7 Å². The van der Waals surface area contributed by atoms with Gasteiger partial charge in [-0.25, -0.2) is 0 Å². The van der Waals surface area contributed by atoms with Crippen LogP contribution in [0.15, 0.2) is 0 Å². The Morgan fingerprint density at radius 3 is 2.73 bits per heavy atom. The third kappa shape index (κ3) is 1.10. The second-order valence-electron chi connectivity index (χ2n) is 4.65. The normalized spacial score (nSPS) is 49.1. The molecule has 1 nitrogen and oxygen atoms in total. The number of fused-ring (bicyclic) bond motifs is 1. The van der Waals surface area contributed by atoms with E-state index in [9.17, 15) is 0 Å². The van der Waals surface area contributed by atoms with E-state index in [1.54, 1.807) is 0 Å². The van der Waals surface area contributed by atoms with Crippen molar-refractivity contribution in [3.8, 4) is 0 Å². The van der Waals surface area contributed by atoms with Gasteiger partial charge in [0.05, 0.1) is 11.7 Å². The number of ether oxygens (including phenoxy) is 1. The Bertz CT molecular complexity index is 164. The zero-order chi connectivity index (χ0) is 8.06. The Morgan fingerprint density at radius 2 is 2.18 bits per heavy atom. The van der Waals surface area contributed by atoms with Gasteiger partial charge in [-0.05, 0) is 31.6 Å². The molecule has 2 rings (SSSR count). The summed E-state index contributed by atoms with van der Waals surface area (Å²) in [6.07, 6.45) is 4.66. The minimum Gasteiger partial charge on any atom is -0.366 e. The van der Waals surface area contributed by atoms with E-state index in [-0.39, 0.29) is 0 Å². The Balaban J connectivity index is 2.03. The minimum atomic E-state index is 0.299. The van der Waals surface area contributed by atoms with E-state index < -0.39 is 0 Å².